The third-order valence-electron chi connectivity index (χ3n) is 11.0. The van der Waals surface area contributed by atoms with Gasteiger partial charge in [-0.3, -0.25) is 0 Å². The lowest BCUT2D eigenvalue weighted by Gasteiger charge is -2.56. The molecule has 0 amide bonds. The van der Waals surface area contributed by atoms with Gasteiger partial charge in [0.1, 0.15) is 0 Å². The summed E-state index contributed by atoms with van der Waals surface area (Å²) in [5.41, 5.74) is 1.50. The average molecular weight is 527 g/mol. The Balaban J connectivity index is 0.000000185. The molecule has 38 heavy (non-hydrogen) atoms. The molecule has 4 nitrogen and oxygen atoms in total. The van der Waals surface area contributed by atoms with Crippen molar-refractivity contribution < 1.29 is 19.4 Å². The molecule has 0 saturated heterocycles. The van der Waals surface area contributed by atoms with Crippen LogP contribution < -0.4 is 0 Å². The second kappa shape index (κ2) is 12.7. The number of carbonyl (C=O) groups excluding carboxylic acids is 1. The van der Waals surface area contributed by atoms with Crippen LogP contribution >= 0.6 is 0 Å². The van der Waals surface area contributed by atoms with Crippen molar-refractivity contribution in [1.82, 2.24) is 0 Å². The summed E-state index contributed by atoms with van der Waals surface area (Å²) < 4.78 is 5.62. The van der Waals surface area contributed by atoms with E-state index in [0.717, 1.165) is 29.6 Å². The minimum atomic E-state index is -0.740. The minimum absolute atomic E-state index is 0.163. The van der Waals surface area contributed by atoms with Crippen molar-refractivity contribution in [1.29, 1.82) is 0 Å². The smallest absolute Gasteiger partial charge is 0.333 e. The molecule has 2 atom stereocenters. The standard InChI is InChI=1S/C20H34O2.C14H20O2/c1-16(2)19(21)22-15-20(3)14-10-6-9-13-18(20)17-11-7-4-5-8-12-17;1-9(13(15)16)5-14-6-10-2-11(7-14)4-12(3-10)8-14/h17-18H,1,4-15H2,2-3H3;5,10-12H,2-4,6-8H2,1H3,(H,15,16). The second-order valence-electron chi connectivity index (χ2n) is 14.4. The number of hydrogen-bond donors (Lipinski definition) is 1. The molecule has 6 saturated carbocycles. The van der Waals surface area contributed by atoms with E-state index in [4.69, 9.17) is 9.84 Å². The number of carboxylic acids is 1. The van der Waals surface area contributed by atoms with Gasteiger partial charge in [0, 0.05) is 16.6 Å². The maximum absolute atomic E-state index is 11.8. The normalized spacial score (nSPS) is 37.4. The lowest BCUT2D eigenvalue weighted by atomic mass is 9.49. The van der Waals surface area contributed by atoms with Gasteiger partial charge in [-0.1, -0.05) is 77.4 Å². The fraction of sp³-hybridized carbons (Fsp3) is 0.824. The van der Waals surface area contributed by atoms with Crippen molar-refractivity contribution >= 4 is 11.9 Å². The van der Waals surface area contributed by atoms with Gasteiger partial charge in [-0.2, -0.15) is 0 Å². The fourth-order valence-corrected chi connectivity index (χ4v) is 9.53. The highest BCUT2D eigenvalue weighted by Crippen LogP contribution is 2.60. The van der Waals surface area contributed by atoms with E-state index in [1.807, 2.05) is 0 Å². The largest absolute Gasteiger partial charge is 0.478 e. The van der Waals surface area contributed by atoms with Crippen LogP contribution in [0.3, 0.4) is 0 Å². The molecule has 1 N–H and O–H groups in total. The van der Waals surface area contributed by atoms with E-state index in [1.54, 1.807) is 13.8 Å². The van der Waals surface area contributed by atoms with Gasteiger partial charge in [0.2, 0.25) is 0 Å². The Kier molecular flexibility index (Phi) is 9.85. The van der Waals surface area contributed by atoms with E-state index in [0.29, 0.717) is 17.8 Å². The number of hydrogen-bond acceptors (Lipinski definition) is 3. The predicted octanol–water partition coefficient (Wildman–Crippen LogP) is 8.90. The molecule has 0 heterocycles. The zero-order valence-electron chi connectivity index (χ0n) is 24.6. The zero-order valence-corrected chi connectivity index (χ0v) is 24.6. The molecule has 0 radical (unpaired) electrons. The molecular weight excluding hydrogens is 472 g/mol. The van der Waals surface area contributed by atoms with Crippen molar-refractivity contribution in [3.05, 3.63) is 23.8 Å². The first-order valence-corrected chi connectivity index (χ1v) is 15.8. The predicted molar refractivity (Wildman–Crippen MR) is 154 cm³/mol. The van der Waals surface area contributed by atoms with Gasteiger partial charge in [0.15, 0.2) is 0 Å². The van der Waals surface area contributed by atoms with Crippen molar-refractivity contribution in [3.63, 3.8) is 0 Å². The third kappa shape index (κ3) is 7.33. The molecule has 6 aliphatic rings. The Morgan fingerprint density at radius 2 is 1.39 bits per heavy atom. The van der Waals surface area contributed by atoms with Gasteiger partial charge < -0.3 is 9.84 Å². The van der Waals surface area contributed by atoms with Gasteiger partial charge in [0.25, 0.3) is 0 Å². The van der Waals surface area contributed by atoms with Crippen LogP contribution in [0.5, 0.6) is 0 Å². The molecule has 214 valence electrons. The van der Waals surface area contributed by atoms with Crippen LogP contribution in [-0.4, -0.2) is 23.7 Å². The number of aliphatic carboxylic acids is 1. The van der Waals surface area contributed by atoms with Crippen LogP contribution in [0.1, 0.15) is 130 Å². The third-order valence-corrected chi connectivity index (χ3v) is 11.0. The molecular formula is C34H54O4. The summed E-state index contributed by atoms with van der Waals surface area (Å²) in [5.74, 6) is 3.29. The van der Waals surface area contributed by atoms with Crippen LogP contribution in [0.2, 0.25) is 0 Å². The topological polar surface area (TPSA) is 63.6 Å². The minimum Gasteiger partial charge on any atom is -0.478 e. The fourth-order valence-electron chi connectivity index (χ4n) is 9.53. The second-order valence-corrected chi connectivity index (χ2v) is 14.4. The maximum atomic E-state index is 11.8. The molecule has 0 aliphatic heterocycles. The van der Waals surface area contributed by atoms with E-state index in [9.17, 15) is 9.59 Å². The molecule has 2 unspecified atom stereocenters. The Hall–Kier alpha value is -1.58. The molecule has 6 fully saturated rings. The first kappa shape index (κ1) is 29.4. The molecule has 0 spiro atoms. The SMILES string of the molecule is C=C(C)C(=O)OCC1(C)CCCCCC1C1CCCCCC1.CC(=CC12CC3CC(CC(C3)C1)C2)C(=O)O. The summed E-state index contributed by atoms with van der Waals surface area (Å²) in [6.07, 6.45) is 25.0. The van der Waals surface area contributed by atoms with Crippen LogP contribution in [0.15, 0.2) is 23.8 Å². The summed E-state index contributed by atoms with van der Waals surface area (Å²) >= 11 is 0. The van der Waals surface area contributed by atoms with Crippen molar-refractivity contribution in [2.45, 2.75) is 130 Å². The monoisotopic (exact) mass is 526 g/mol. The van der Waals surface area contributed by atoms with E-state index in [2.05, 4.69) is 19.6 Å². The van der Waals surface area contributed by atoms with Gasteiger partial charge >= 0.3 is 11.9 Å². The number of esters is 1. The molecule has 0 aromatic heterocycles. The van der Waals surface area contributed by atoms with E-state index in [-0.39, 0.29) is 16.8 Å². The zero-order chi connectivity index (χ0) is 27.3. The van der Waals surface area contributed by atoms with Gasteiger partial charge in [-0.25, -0.2) is 9.59 Å². The van der Waals surface area contributed by atoms with Crippen LogP contribution in [-0.2, 0) is 14.3 Å². The summed E-state index contributed by atoms with van der Waals surface area (Å²) in [6, 6.07) is 0. The Labute approximate surface area is 232 Å². The molecule has 0 aromatic carbocycles. The van der Waals surface area contributed by atoms with E-state index in [1.165, 1.54) is 109 Å². The number of ether oxygens (including phenoxy) is 1. The average Bonchev–Trinajstić information content (AvgIpc) is 3.22. The van der Waals surface area contributed by atoms with Gasteiger partial charge in [0.05, 0.1) is 6.61 Å². The highest BCUT2D eigenvalue weighted by molar-refractivity contribution is 5.87. The van der Waals surface area contributed by atoms with Crippen LogP contribution in [0.4, 0.5) is 0 Å². The summed E-state index contributed by atoms with van der Waals surface area (Å²) in [4.78, 5) is 22.8. The highest BCUT2D eigenvalue weighted by atomic mass is 16.5. The molecule has 0 aromatic rings. The first-order chi connectivity index (χ1) is 18.1. The van der Waals surface area contributed by atoms with Gasteiger partial charge in [-0.05, 0) is 100 Å². The number of allylic oxidation sites excluding steroid dienone is 1. The molecule has 4 bridgehead atoms. The number of carbonyl (C=O) groups is 2. The molecule has 4 heteroatoms. The number of carboxylic acid groups (broad SMARTS) is 1. The van der Waals surface area contributed by atoms with Crippen LogP contribution in [0.25, 0.3) is 0 Å². The Morgan fingerprint density at radius 3 is 1.92 bits per heavy atom. The molecule has 6 aliphatic carbocycles. The quantitative estimate of drug-likeness (QED) is 0.213. The lowest BCUT2D eigenvalue weighted by Crippen LogP contribution is -2.45. The first-order valence-electron chi connectivity index (χ1n) is 15.8. The Morgan fingerprint density at radius 1 is 0.868 bits per heavy atom. The highest BCUT2D eigenvalue weighted by Gasteiger charge is 2.50. The maximum Gasteiger partial charge on any atom is 0.333 e. The van der Waals surface area contributed by atoms with E-state index >= 15 is 0 Å². The summed E-state index contributed by atoms with van der Waals surface area (Å²) in [6.45, 7) is 10.2. The summed E-state index contributed by atoms with van der Waals surface area (Å²) in [5, 5.41) is 9.02. The van der Waals surface area contributed by atoms with Gasteiger partial charge in [-0.15, -0.1) is 0 Å². The van der Waals surface area contributed by atoms with Crippen LogP contribution in [0, 0.1) is 40.4 Å². The summed E-state index contributed by atoms with van der Waals surface area (Å²) in [7, 11) is 0. The van der Waals surface area contributed by atoms with Crippen molar-refractivity contribution in [2.75, 3.05) is 6.61 Å². The van der Waals surface area contributed by atoms with Crippen molar-refractivity contribution in [3.8, 4) is 0 Å². The van der Waals surface area contributed by atoms with E-state index < -0.39 is 5.97 Å². The Bertz CT molecular complexity index is 842. The number of rotatable bonds is 6. The lowest BCUT2D eigenvalue weighted by molar-refractivity contribution is -0.144. The van der Waals surface area contributed by atoms with Crippen molar-refractivity contribution in [2.24, 2.45) is 40.4 Å². The molecule has 6 rings (SSSR count).